The van der Waals surface area contributed by atoms with Crippen LogP contribution in [0.4, 0.5) is 0 Å². The van der Waals surface area contributed by atoms with Crippen molar-refractivity contribution in [1.82, 2.24) is 0 Å². The van der Waals surface area contributed by atoms with Crippen molar-refractivity contribution in [2.24, 2.45) is 0 Å². The number of ether oxygens (including phenoxy) is 2. The van der Waals surface area contributed by atoms with Gasteiger partial charge in [-0.25, -0.2) is 4.79 Å². The zero-order valence-corrected chi connectivity index (χ0v) is 8.77. The van der Waals surface area contributed by atoms with E-state index in [1.165, 1.54) is 7.11 Å². The molecule has 0 spiro atoms. The second kappa shape index (κ2) is 5.36. The topological polar surface area (TPSA) is 55.8 Å². The Morgan fingerprint density at radius 2 is 1.93 bits per heavy atom. The van der Waals surface area contributed by atoms with E-state index in [4.69, 9.17) is 4.74 Å². The Kier molecular flexibility index (Phi) is 4.12. The minimum absolute atomic E-state index is 0.247. The summed E-state index contributed by atoms with van der Waals surface area (Å²) in [5.74, 6) is 0.122. The second-order valence-electron chi connectivity index (χ2n) is 3.09. The van der Waals surface area contributed by atoms with Gasteiger partial charge < -0.3 is 14.6 Å². The Bertz CT molecular complexity index is 318. The lowest BCUT2D eigenvalue weighted by Crippen LogP contribution is -2.23. The molecule has 1 aromatic carbocycles. The van der Waals surface area contributed by atoms with Crippen LogP contribution < -0.4 is 4.74 Å². The van der Waals surface area contributed by atoms with Gasteiger partial charge in [0.2, 0.25) is 0 Å². The zero-order valence-electron chi connectivity index (χ0n) is 8.77. The monoisotopic (exact) mass is 210 g/mol. The van der Waals surface area contributed by atoms with Gasteiger partial charge in [-0.05, 0) is 17.7 Å². The lowest BCUT2D eigenvalue weighted by molar-refractivity contribution is -0.150. The van der Waals surface area contributed by atoms with Crippen LogP contribution in [0.5, 0.6) is 5.75 Å². The number of hydrogen-bond acceptors (Lipinski definition) is 4. The fourth-order valence-electron chi connectivity index (χ4n) is 1.20. The van der Waals surface area contributed by atoms with Crippen LogP contribution in [0.15, 0.2) is 24.3 Å². The predicted molar refractivity (Wildman–Crippen MR) is 54.7 cm³/mol. The summed E-state index contributed by atoms with van der Waals surface area (Å²) < 4.78 is 9.40. The smallest absolute Gasteiger partial charge is 0.335 e. The fourth-order valence-corrected chi connectivity index (χ4v) is 1.20. The van der Waals surface area contributed by atoms with Gasteiger partial charge >= 0.3 is 5.97 Å². The number of aliphatic hydroxyl groups excluding tert-OH is 1. The van der Waals surface area contributed by atoms with Crippen LogP contribution in [0.3, 0.4) is 0 Å². The van der Waals surface area contributed by atoms with Gasteiger partial charge in [0.25, 0.3) is 0 Å². The van der Waals surface area contributed by atoms with E-state index >= 15 is 0 Å². The summed E-state index contributed by atoms with van der Waals surface area (Å²) in [4.78, 5) is 10.9. The van der Waals surface area contributed by atoms with E-state index in [2.05, 4.69) is 4.74 Å². The van der Waals surface area contributed by atoms with Crippen LogP contribution >= 0.6 is 0 Å². The van der Waals surface area contributed by atoms with Gasteiger partial charge in [0.1, 0.15) is 5.75 Å². The Morgan fingerprint density at radius 3 is 2.40 bits per heavy atom. The standard InChI is InChI=1S/C11H14O4/c1-14-9-5-3-8(4-6-9)7-10(12)11(13)15-2/h3-6,10,12H,7H2,1-2H3/t10-/m0/s1. The Morgan fingerprint density at radius 1 is 1.33 bits per heavy atom. The number of aliphatic hydroxyl groups is 1. The zero-order chi connectivity index (χ0) is 11.3. The molecule has 0 bridgehead atoms. The van der Waals surface area contributed by atoms with E-state index in [1.54, 1.807) is 31.4 Å². The number of methoxy groups -OCH3 is 2. The first-order chi connectivity index (χ1) is 7.17. The maximum absolute atomic E-state index is 10.9. The second-order valence-corrected chi connectivity index (χ2v) is 3.09. The van der Waals surface area contributed by atoms with Crippen LogP contribution in [0, 0.1) is 0 Å². The molecule has 0 aliphatic heterocycles. The summed E-state index contributed by atoms with van der Waals surface area (Å²) in [6, 6.07) is 7.15. The van der Waals surface area contributed by atoms with Gasteiger partial charge in [-0.3, -0.25) is 0 Å². The highest BCUT2D eigenvalue weighted by Gasteiger charge is 2.15. The maximum Gasteiger partial charge on any atom is 0.335 e. The van der Waals surface area contributed by atoms with Crippen LogP contribution in [0.1, 0.15) is 5.56 Å². The molecule has 4 heteroatoms. The number of esters is 1. The van der Waals surface area contributed by atoms with Crippen molar-refractivity contribution in [3.8, 4) is 5.75 Å². The maximum atomic E-state index is 10.9. The average Bonchev–Trinajstić information content (AvgIpc) is 2.29. The molecule has 0 aliphatic carbocycles. The van der Waals surface area contributed by atoms with Crippen molar-refractivity contribution in [2.75, 3.05) is 14.2 Å². The largest absolute Gasteiger partial charge is 0.497 e. The van der Waals surface area contributed by atoms with E-state index in [1.807, 2.05) is 0 Å². The molecule has 0 aliphatic rings. The van der Waals surface area contributed by atoms with Crippen molar-refractivity contribution >= 4 is 5.97 Å². The summed E-state index contributed by atoms with van der Waals surface area (Å²) in [6.07, 6.45) is -0.861. The summed E-state index contributed by atoms with van der Waals surface area (Å²) in [5.41, 5.74) is 0.855. The molecular weight excluding hydrogens is 196 g/mol. The van der Waals surface area contributed by atoms with Crippen molar-refractivity contribution in [3.63, 3.8) is 0 Å². The van der Waals surface area contributed by atoms with Crippen LogP contribution in [0.25, 0.3) is 0 Å². The van der Waals surface area contributed by atoms with Crippen LogP contribution in [-0.2, 0) is 16.0 Å². The summed E-state index contributed by atoms with van der Waals surface area (Å²) in [7, 11) is 2.83. The number of carbonyl (C=O) groups excluding carboxylic acids is 1. The molecule has 0 saturated heterocycles. The molecular formula is C11H14O4. The lowest BCUT2D eigenvalue weighted by Gasteiger charge is -2.08. The molecule has 4 nitrogen and oxygen atoms in total. The molecule has 1 rings (SSSR count). The molecule has 82 valence electrons. The van der Waals surface area contributed by atoms with Gasteiger partial charge in [0.05, 0.1) is 14.2 Å². The predicted octanol–water partition coefficient (Wildman–Crippen LogP) is 0.772. The fraction of sp³-hybridized carbons (Fsp3) is 0.364. The minimum Gasteiger partial charge on any atom is -0.497 e. The first-order valence-electron chi connectivity index (χ1n) is 4.56. The molecule has 1 aromatic rings. The third kappa shape index (κ3) is 3.25. The third-order valence-corrected chi connectivity index (χ3v) is 2.06. The molecule has 1 atom stereocenters. The summed E-state index contributed by atoms with van der Waals surface area (Å²) in [6.45, 7) is 0. The molecule has 0 radical (unpaired) electrons. The van der Waals surface area contributed by atoms with Crippen molar-refractivity contribution in [3.05, 3.63) is 29.8 Å². The normalized spacial score (nSPS) is 11.9. The highest BCUT2D eigenvalue weighted by atomic mass is 16.5. The number of hydrogen-bond donors (Lipinski definition) is 1. The van der Waals surface area contributed by atoms with Gasteiger partial charge in [-0.15, -0.1) is 0 Å². The molecule has 0 unspecified atom stereocenters. The van der Waals surface area contributed by atoms with Crippen LogP contribution in [0.2, 0.25) is 0 Å². The quantitative estimate of drug-likeness (QED) is 0.746. The molecule has 1 N–H and O–H groups in total. The van der Waals surface area contributed by atoms with Crippen LogP contribution in [-0.4, -0.2) is 31.4 Å². The van der Waals surface area contributed by atoms with E-state index in [-0.39, 0.29) is 6.42 Å². The first kappa shape index (κ1) is 11.5. The van der Waals surface area contributed by atoms with Gasteiger partial charge in [0.15, 0.2) is 6.10 Å². The Hall–Kier alpha value is -1.55. The van der Waals surface area contributed by atoms with Gasteiger partial charge in [-0.2, -0.15) is 0 Å². The Labute approximate surface area is 88.4 Å². The van der Waals surface area contributed by atoms with E-state index < -0.39 is 12.1 Å². The molecule has 0 fully saturated rings. The summed E-state index contributed by atoms with van der Waals surface area (Å²) in [5, 5.41) is 9.39. The molecule has 15 heavy (non-hydrogen) atoms. The molecule has 0 aromatic heterocycles. The highest BCUT2D eigenvalue weighted by Crippen LogP contribution is 2.12. The third-order valence-electron chi connectivity index (χ3n) is 2.06. The van der Waals surface area contributed by atoms with E-state index in [0.29, 0.717) is 0 Å². The number of benzene rings is 1. The average molecular weight is 210 g/mol. The summed E-state index contributed by atoms with van der Waals surface area (Å²) >= 11 is 0. The Balaban J connectivity index is 2.60. The van der Waals surface area contributed by atoms with E-state index in [9.17, 15) is 9.90 Å². The van der Waals surface area contributed by atoms with Crippen molar-refractivity contribution in [2.45, 2.75) is 12.5 Å². The van der Waals surface area contributed by atoms with E-state index in [0.717, 1.165) is 11.3 Å². The van der Waals surface area contributed by atoms with Gasteiger partial charge in [-0.1, -0.05) is 12.1 Å². The van der Waals surface area contributed by atoms with Crippen molar-refractivity contribution in [1.29, 1.82) is 0 Å². The SMILES string of the molecule is COC(=O)[C@@H](O)Cc1ccc(OC)cc1. The number of rotatable bonds is 4. The lowest BCUT2D eigenvalue weighted by atomic mass is 10.1. The first-order valence-corrected chi connectivity index (χ1v) is 4.56. The number of carbonyl (C=O) groups is 1. The van der Waals surface area contributed by atoms with Gasteiger partial charge in [0, 0.05) is 6.42 Å². The molecule has 0 amide bonds. The highest BCUT2D eigenvalue weighted by molar-refractivity contribution is 5.74. The minimum atomic E-state index is -1.11. The van der Waals surface area contributed by atoms with Crippen molar-refractivity contribution < 1.29 is 19.4 Å². The molecule has 0 saturated carbocycles. The molecule has 0 heterocycles.